The summed E-state index contributed by atoms with van der Waals surface area (Å²) in [6.45, 7) is 0.0174. The monoisotopic (exact) mass is 390 g/mol. The molecule has 29 heavy (non-hydrogen) atoms. The summed E-state index contributed by atoms with van der Waals surface area (Å²) in [6.07, 6.45) is -0.746. The van der Waals surface area contributed by atoms with Crippen LogP contribution in [0.5, 0.6) is 11.5 Å². The van der Waals surface area contributed by atoms with Crippen molar-refractivity contribution in [3.8, 4) is 11.5 Å². The molecule has 3 aromatic rings. The second-order valence-corrected chi connectivity index (χ2v) is 7.11. The lowest BCUT2D eigenvalue weighted by Crippen LogP contribution is -2.51. The van der Waals surface area contributed by atoms with E-state index in [0.717, 1.165) is 10.8 Å². The lowest BCUT2D eigenvalue weighted by atomic mass is 10.1. The van der Waals surface area contributed by atoms with E-state index in [0.29, 0.717) is 17.2 Å². The first kappa shape index (κ1) is 18.8. The Labute approximate surface area is 169 Å². The van der Waals surface area contributed by atoms with Gasteiger partial charge in [-0.2, -0.15) is 0 Å². The van der Waals surface area contributed by atoms with Crippen LogP contribution in [-0.2, 0) is 9.59 Å². The highest BCUT2D eigenvalue weighted by Gasteiger charge is 2.34. The molecule has 6 nitrogen and oxygen atoms in total. The summed E-state index contributed by atoms with van der Waals surface area (Å²) in [5.41, 5.74) is 0.641. The number of anilines is 1. The first-order valence-electron chi connectivity index (χ1n) is 9.42. The average Bonchev–Trinajstić information content (AvgIpc) is 2.75. The third-order valence-electron chi connectivity index (χ3n) is 4.87. The maximum atomic E-state index is 13.0. The van der Waals surface area contributed by atoms with Crippen molar-refractivity contribution in [3.63, 3.8) is 0 Å². The third-order valence-corrected chi connectivity index (χ3v) is 4.87. The van der Waals surface area contributed by atoms with E-state index in [1.165, 1.54) is 4.90 Å². The Kier molecular flexibility index (Phi) is 5.08. The Hall–Kier alpha value is -3.54. The highest BCUT2D eigenvalue weighted by Crippen LogP contribution is 2.33. The molecule has 2 amide bonds. The number of para-hydroxylation sites is 2. The normalized spacial score (nSPS) is 15.4. The van der Waals surface area contributed by atoms with Crippen molar-refractivity contribution in [2.45, 2.75) is 6.10 Å². The van der Waals surface area contributed by atoms with Gasteiger partial charge in [0.25, 0.3) is 11.8 Å². The summed E-state index contributed by atoms with van der Waals surface area (Å²) in [4.78, 5) is 28.4. The minimum Gasteiger partial charge on any atom is -0.484 e. The number of fused-ring (bicyclic) bond motifs is 2. The van der Waals surface area contributed by atoms with Gasteiger partial charge in [-0.15, -0.1) is 0 Å². The molecule has 0 aromatic heterocycles. The quantitative estimate of drug-likeness (QED) is 0.687. The molecule has 1 aliphatic heterocycles. The van der Waals surface area contributed by atoms with Crippen LogP contribution >= 0.6 is 0 Å². The predicted molar refractivity (Wildman–Crippen MR) is 111 cm³/mol. The standard InChI is InChI=1S/C23H22N2O4/c1-24(2)23(27)21-14-25(19-9-5-6-10-20(19)29-21)22(26)15-28-18-12-11-16-7-3-4-8-17(16)13-18/h3-13,21H,14-15H2,1-2H3/t21-/m0/s1. The van der Waals surface area contributed by atoms with Gasteiger partial charge in [0.15, 0.2) is 12.7 Å². The van der Waals surface area contributed by atoms with E-state index >= 15 is 0 Å². The third kappa shape index (κ3) is 3.87. The van der Waals surface area contributed by atoms with Gasteiger partial charge in [0.1, 0.15) is 11.5 Å². The molecule has 0 fully saturated rings. The van der Waals surface area contributed by atoms with Crippen LogP contribution in [0.2, 0.25) is 0 Å². The lowest BCUT2D eigenvalue weighted by Gasteiger charge is -2.35. The molecule has 0 aliphatic carbocycles. The summed E-state index contributed by atoms with van der Waals surface area (Å²) < 4.78 is 11.6. The number of carbonyl (C=O) groups excluding carboxylic acids is 2. The fraction of sp³-hybridized carbons (Fsp3) is 0.217. The summed E-state index contributed by atoms with van der Waals surface area (Å²) in [5, 5.41) is 2.16. The molecule has 3 aromatic carbocycles. The van der Waals surface area contributed by atoms with Crippen molar-refractivity contribution < 1.29 is 19.1 Å². The number of benzene rings is 3. The molecule has 0 bridgehead atoms. The van der Waals surface area contributed by atoms with Crippen molar-refractivity contribution in [1.29, 1.82) is 0 Å². The van der Waals surface area contributed by atoms with E-state index in [1.807, 2.05) is 54.6 Å². The molecular weight excluding hydrogens is 368 g/mol. The highest BCUT2D eigenvalue weighted by molar-refractivity contribution is 5.98. The number of ether oxygens (including phenoxy) is 2. The second-order valence-electron chi connectivity index (χ2n) is 7.11. The lowest BCUT2D eigenvalue weighted by molar-refractivity contribution is -0.136. The number of likely N-dealkylation sites (N-methyl/N-ethyl adjacent to an activating group) is 1. The zero-order chi connectivity index (χ0) is 20.4. The van der Waals surface area contributed by atoms with Gasteiger partial charge in [-0.05, 0) is 35.0 Å². The highest BCUT2D eigenvalue weighted by atomic mass is 16.5. The fourth-order valence-electron chi connectivity index (χ4n) is 3.37. The molecule has 0 saturated heterocycles. The number of rotatable bonds is 4. The van der Waals surface area contributed by atoms with Crippen LogP contribution in [0, 0.1) is 0 Å². The van der Waals surface area contributed by atoms with Gasteiger partial charge < -0.3 is 19.3 Å². The number of hydrogen-bond donors (Lipinski definition) is 0. The van der Waals surface area contributed by atoms with Crippen LogP contribution in [0.4, 0.5) is 5.69 Å². The zero-order valence-electron chi connectivity index (χ0n) is 16.4. The van der Waals surface area contributed by atoms with Crippen LogP contribution < -0.4 is 14.4 Å². The van der Waals surface area contributed by atoms with Gasteiger partial charge in [-0.1, -0.05) is 42.5 Å². The topological polar surface area (TPSA) is 59.1 Å². The van der Waals surface area contributed by atoms with Crippen LogP contribution in [0.1, 0.15) is 0 Å². The molecule has 6 heteroatoms. The molecule has 0 saturated carbocycles. The van der Waals surface area contributed by atoms with Gasteiger partial charge in [0.2, 0.25) is 0 Å². The summed E-state index contributed by atoms with van der Waals surface area (Å²) in [5.74, 6) is 0.718. The number of nitrogens with zero attached hydrogens (tertiary/aromatic N) is 2. The van der Waals surface area contributed by atoms with Crippen molar-refractivity contribution in [3.05, 3.63) is 66.7 Å². The summed E-state index contributed by atoms with van der Waals surface area (Å²) >= 11 is 0. The molecule has 0 radical (unpaired) electrons. The molecule has 4 rings (SSSR count). The molecule has 0 N–H and O–H groups in total. The predicted octanol–water partition coefficient (Wildman–Crippen LogP) is 3.10. The van der Waals surface area contributed by atoms with E-state index in [-0.39, 0.29) is 25.0 Å². The first-order valence-corrected chi connectivity index (χ1v) is 9.42. The van der Waals surface area contributed by atoms with Crippen molar-refractivity contribution in [1.82, 2.24) is 4.90 Å². The van der Waals surface area contributed by atoms with Crippen LogP contribution in [0.3, 0.4) is 0 Å². The average molecular weight is 390 g/mol. The Balaban J connectivity index is 1.52. The Morgan fingerprint density at radius 3 is 2.55 bits per heavy atom. The minimum absolute atomic E-state index is 0.129. The Morgan fingerprint density at radius 2 is 1.76 bits per heavy atom. The van der Waals surface area contributed by atoms with Crippen molar-refractivity contribution >= 4 is 28.3 Å². The van der Waals surface area contributed by atoms with Gasteiger partial charge in [-0.3, -0.25) is 9.59 Å². The molecule has 148 valence electrons. The van der Waals surface area contributed by atoms with E-state index in [9.17, 15) is 9.59 Å². The van der Waals surface area contributed by atoms with Crippen LogP contribution in [0.15, 0.2) is 66.7 Å². The summed E-state index contributed by atoms with van der Waals surface area (Å²) in [7, 11) is 3.34. The van der Waals surface area contributed by atoms with E-state index in [1.54, 1.807) is 31.1 Å². The zero-order valence-corrected chi connectivity index (χ0v) is 16.4. The minimum atomic E-state index is -0.746. The first-order chi connectivity index (χ1) is 14.0. The molecule has 0 unspecified atom stereocenters. The Bertz CT molecular complexity index is 1060. The fourth-order valence-corrected chi connectivity index (χ4v) is 3.37. The number of carbonyl (C=O) groups is 2. The maximum absolute atomic E-state index is 13.0. The van der Waals surface area contributed by atoms with Crippen LogP contribution in [0.25, 0.3) is 10.8 Å². The number of hydrogen-bond acceptors (Lipinski definition) is 4. The Morgan fingerprint density at radius 1 is 1.03 bits per heavy atom. The number of amides is 2. The van der Waals surface area contributed by atoms with Gasteiger partial charge in [0.05, 0.1) is 12.2 Å². The maximum Gasteiger partial charge on any atom is 0.265 e. The smallest absolute Gasteiger partial charge is 0.265 e. The molecular formula is C23H22N2O4. The second kappa shape index (κ2) is 7.83. The van der Waals surface area contributed by atoms with Gasteiger partial charge in [0, 0.05) is 14.1 Å². The molecule has 0 spiro atoms. The van der Waals surface area contributed by atoms with Gasteiger partial charge >= 0.3 is 0 Å². The van der Waals surface area contributed by atoms with Crippen LogP contribution in [-0.4, -0.2) is 50.1 Å². The van der Waals surface area contributed by atoms with Crippen molar-refractivity contribution in [2.24, 2.45) is 0 Å². The van der Waals surface area contributed by atoms with E-state index < -0.39 is 6.10 Å². The molecule has 1 heterocycles. The summed E-state index contributed by atoms with van der Waals surface area (Å²) in [6, 6.07) is 20.9. The van der Waals surface area contributed by atoms with E-state index in [2.05, 4.69) is 0 Å². The van der Waals surface area contributed by atoms with Crippen molar-refractivity contribution in [2.75, 3.05) is 32.1 Å². The molecule has 1 aliphatic rings. The van der Waals surface area contributed by atoms with E-state index in [4.69, 9.17) is 9.47 Å². The SMILES string of the molecule is CN(C)C(=O)[C@@H]1CN(C(=O)COc2ccc3ccccc3c2)c2ccccc2O1. The molecule has 1 atom stereocenters. The van der Waals surface area contributed by atoms with Gasteiger partial charge in [-0.25, -0.2) is 0 Å². The largest absolute Gasteiger partial charge is 0.484 e.